The minimum atomic E-state index is -0.357. The molecule has 1 amide bonds. The Morgan fingerprint density at radius 3 is 2.74 bits per heavy atom. The van der Waals surface area contributed by atoms with Crippen molar-refractivity contribution in [3.05, 3.63) is 52.3 Å². The Morgan fingerprint density at radius 1 is 1.32 bits per heavy atom. The number of aromatic hydroxyl groups is 1. The van der Waals surface area contributed by atoms with Crippen LogP contribution < -0.4 is 5.32 Å². The Labute approximate surface area is 116 Å². The molecule has 4 nitrogen and oxygen atoms in total. The normalized spacial score (nSPS) is 10.3. The summed E-state index contributed by atoms with van der Waals surface area (Å²) >= 11 is 5.93. The molecule has 0 aliphatic carbocycles. The lowest BCUT2D eigenvalue weighted by atomic mass is 10.1. The number of benzene rings is 1. The summed E-state index contributed by atoms with van der Waals surface area (Å²) in [5.41, 5.74) is 2.22. The molecule has 1 aromatic heterocycles. The molecule has 1 heterocycles. The van der Waals surface area contributed by atoms with Crippen LogP contribution in [0, 0.1) is 13.8 Å². The Bertz CT molecular complexity index is 641. The quantitative estimate of drug-likeness (QED) is 0.884. The molecule has 19 heavy (non-hydrogen) atoms. The highest BCUT2D eigenvalue weighted by atomic mass is 35.5. The van der Waals surface area contributed by atoms with Crippen molar-refractivity contribution in [2.75, 3.05) is 5.32 Å². The summed E-state index contributed by atoms with van der Waals surface area (Å²) in [4.78, 5) is 15.9. The van der Waals surface area contributed by atoms with E-state index < -0.39 is 0 Å². The zero-order valence-corrected chi connectivity index (χ0v) is 11.3. The maximum Gasteiger partial charge on any atom is 0.258 e. The molecule has 0 saturated carbocycles. The van der Waals surface area contributed by atoms with Gasteiger partial charge in [0.15, 0.2) is 0 Å². The van der Waals surface area contributed by atoms with Gasteiger partial charge in [0, 0.05) is 23.6 Å². The SMILES string of the molecule is Cc1ccc(NC(=O)c2cnccc2Cl)c(C)c1O. The van der Waals surface area contributed by atoms with Crippen molar-refractivity contribution in [3.63, 3.8) is 0 Å². The van der Waals surface area contributed by atoms with Crippen LogP contribution in [0.4, 0.5) is 5.69 Å². The molecular formula is C14H13ClN2O2. The van der Waals surface area contributed by atoms with Gasteiger partial charge in [-0.05, 0) is 31.5 Å². The van der Waals surface area contributed by atoms with Crippen LogP contribution in [-0.2, 0) is 0 Å². The fourth-order valence-electron chi connectivity index (χ4n) is 1.71. The predicted octanol–water partition coefficient (Wildman–Crippen LogP) is 3.31. The number of aromatic nitrogens is 1. The van der Waals surface area contributed by atoms with E-state index in [1.54, 1.807) is 32.0 Å². The first-order valence-corrected chi connectivity index (χ1v) is 6.08. The number of phenolic OH excluding ortho intramolecular Hbond substituents is 1. The Morgan fingerprint density at radius 2 is 2.05 bits per heavy atom. The summed E-state index contributed by atoms with van der Waals surface area (Å²) in [6, 6.07) is 5.03. The fraction of sp³-hybridized carbons (Fsp3) is 0.143. The summed E-state index contributed by atoms with van der Waals surface area (Å²) in [5, 5.41) is 12.9. The van der Waals surface area contributed by atoms with Crippen molar-refractivity contribution in [1.29, 1.82) is 0 Å². The Kier molecular flexibility index (Phi) is 3.71. The molecule has 98 valence electrons. The van der Waals surface area contributed by atoms with E-state index in [0.29, 0.717) is 21.8 Å². The van der Waals surface area contributed by atoms with E-state index >= 15 is 0 Å². The molecule has 1 aromatic carbocycles. The smallest absolute Gasteiger partial charge is 0.258 e. The summed E-state index contributed by atoms with van der Waals surface area (Å²) in [6.07, 6.45) is 2.92. The second-order valence-corrected chi connectivity index (χ2v) is 4.62. The maximum absolute atomic E-state index is 12.1. The van der Waals surface area contributed by atoms with Gasteiger partial charge < -0.3 is 10.4 Å². The zero-order valence-electron chi connectivity index (χ0n) is 10.6. The minimum absolute atomic E-state index is 0.176. The molecule has 2 N–H and O–H groups in total. The highest BCUT2D eigenvalue weighted by Gasteiger charge is 2.13. The molecule has 0 fully saturated rings. The van der Waals surface area contributed by atoms with Gasteiger partial charge in [0.2, 0.25) is 0 Å². The molecule has 2 aromatic rings. The number of carbonyl (C=O) groups excluding carboxylic acids is 1. The largest absolute Gasteiger partial charge is 0.507 e. The molecule has 0 aliphatic heterocycles. The van der Waals surface area contributed by atoms with Gasteiger partial charge in [-0.1, -0.05) is 17.7 Å². The number of nitrogens with one attached hydrogen (secondary N) is 1. The van der Waals surface area contributed by atoms with Crippen LogP contribution >= 0.6 is 11.6 Å². The number of phenols is 1. The van der Waals surface area contributed by atoms with E-state index in [-0.39, 0.29) is 11.7 Å². The summed E-state index contributed by atoms with van der Waals surface area (Å²) in [7, 11) is 0. The van der Waals surface area contributed by atoms with Crippen molar-refractivity contribution in [3.8, 4) is 5.75 Å². The molecule has 5 heteroatoms. The first-order chi connectivity index (χ1) is 9.00. The molecular weight excluding hydrogens is 264 g/mol. The van der Waals surface area contributed by atoms with Gasteiger partial charge in [0.25, 0.3) is 5.91 Å². The minimum Gasteiger partial charge on any atom is -0.507 e. The lowest BCUT2D eigenvalue weighted by Gasteiger charge is -2.11. The molecule has 0 unspecified atom stereocenters. The molecule has 0 bridgehead atoms. The van der Waals surface area contributed by atoms with E-state index in [0.717, 1.165) is 5.56 Å². The van der Waals surface area contributed by atoms with Crippen molar-refractivity contribution in [2.45, 2.75) is 13.8 Å². The van der Waals surface area contributed by atoms with Crippen molar-refractivity contribution >= 4 is 23.2 Å². The highest BCUT2D eigenvalue weighted by molar-refractivity contribution is 6.34. The highest BCUT2D eigenvalue weighted by Crippen LogP contribution is 2.28. The number of nitrogens with zero attached hydrogens (tertiary/aromatic N) is 1. The third-order valence-electron chi connectivity index (χ3n) is 2.89. The Hall–Kier alpha value is -2.07. The summed E-state index contributed by atoms with van der Waals surface area (Å²) in [5.74, 6) is -0.181. The van der Waals surface area contributed by atoms with E-state index in [1.807, 2.05) is 0 Å². The molecule has 0 saturated heterocycles. The zero-order chi connectivity index (χ0) is 14.0. The average Bonchev–Trinajstić information content (AvgIpc) is 2.40. The van der Waals surface area contributed by atoms with Crippen molar-refractivity contribution in [1.82, 2.24) is 4.98 Å². The first-order valence-electron chi connectivity index (χ1n) is 5.70. The fourth-order valence-corrected chi connectivity index (χ4v) is 1.90. The van der Waals surface area contributed by atoms with Crippen LogP contribution in [-0.4, -0.2) is 16.0 Å². The summed E-state index contributed by atoms with van der Waals surface area (Å²) in [6.45, 7) is 3.54. The monoisotopic (exact) mass is 276 g/mol. The number of carbonyl (C=O) groups is 1. The topological polar surface area (TPSA) is 62.2 Å². The van der Waals surface area contributed by atoms with Crippen LogP contribution in [0.2, 0.25) is 5.02 Å². The van der Waals surface area contributed by atoms with Gasteiger partial charge in [-0.2, -0.15) is 0 Å². The van der Waals surface area contributed by atoms with Gasteiger partial charge in [-0.25, -0.2) is 0 Å². The molecule has 0 radical (unpaired) electrons. The lowest BCUT2D eigenvalue weighted by molar-refractivity contribution is 0.102. The number of rotatable bonds is 2. The van der Waals surface area contributed by atoms with Gasteiger partial charge in [0.05, 0.1) is 10.6 Å². The van der Waals surface area contributed by atoms with E-state index in [9.17, 15) is 9.90 Å². The van der Waals surface area contributed by atoms with Crippen molar-refractivity contribution in [2.24, 2.45) is 0 Å². The number of aryl methyl sites for hydroxylation is 1. The van der Waals surface area contributed by atoms with Gasteiger partial charge in [-0.15, -0.1) is 0 Å². The standard InChI is InChI=1S/C14H13ClN2O2/c1-8-3-4-12(9(2)13(8)18)17-14(19)10-7-16-6-5-11(10)15/h3-7,18H,1-2H3,(H,17,19). The number of halogens is 1. The second kappa shape index (κ2) is 5.28. The number of pyridine rings is 1. The first kappa shape index (κ1) is 13.4. The van der Waals surface area contributed by atoms with Crippen LogP contribution in [0.3, 0.4) is 0 Å². The number of hydrogen-bond donors (Lipinski definition) is 2. The average molecular weight is 277 g/mol. The van der Waals surface area contributed by atoms with Gasteiger partial charge in [-0.3, -0.25) is 9.78 Å². The van der Waals surface area contributed by atoms with E-state index in [4.69, 9.17) is 11.6 Å². The van der Waals surface area contributed by atoms with E-state index in [2.05, 4.69) is 10.3 Å². The van der Waals surface area contributed by atoms with Crippen LogP contribution in [0.5, 0.6) is 5.75 Å². The Balaban J connectivity index is 2.30. The third-order valence-corrected chi connectivity index (χ3v) is 3.22. The predicted molar refractivity (Wildman–Crippen MR) is 74.8 cm³/mol. The molecule has 0 aliphatic rings. The number of hydrogen-bond acceptors (Lipinski definition) is 3. The third kappa shape index (κ3) is 2.69. The van der Waals surface area contributed by atoms with Crippen LogP contribution in [0.1, 0.15) is 21.5 Å². The van der Waals surface area contributed by atoms with Crippen molar-refractivity contribution < 1.29 is 9.90 Å². The maximum atomic E-state index is 12.1. The number of amides is 1. The number of anilines is 1. The van der Waals surface area contributed by atoms with Gasteiger partial charge in [0.1, 0.15) is 5.75 Å². The van der Waals surface area contributed by atoms with E-state index in [1.165, 1.54) is 12.4 Å². The lowest BCUT2D eigenvalue weighted by Crippen LogP contribution is -2.13. The van der Waals surface area contributed by atoms with Crippen LogP contribution in [0.25, 0.3) is 0 Å². The molecule has 0 atom stereocenters. The van der Waals surface area contributed by atoms with Gasteiger partial charge >= 0.3 is 0 Å². The summed E-state index contributed by atoms with van der Waals surface area (Å²) < 4.78 is 0. The molecule has 0 spiro atoms. The second-order valence-electron chi connectivity index (χ2n) is 4.21. The molecule has 2 rings (SSSR count). The van der Waals surface area contributed by atoms with Crippen LogP contribution in [0.15, 0.2) is 30.6 Å².